The molecular weight excluding hydrogens is 562 g/mol. The quantitative estimate of drug-likeness (QED) is 0.183. The first kappa shape index (κ1) is 28.9. The molecule has 224 valence electrons. The Labute approximate surface area is 254 Å². The van der Waals surface area contributed by atoms with Gasteiger partial charge in [0, 0.05) is 48.4 Å². The molecule has 1 saturated heterocycles. The number of fused-ring (bicyclic) bond motifs is 3. The number of nitrogens with one attached hydrogen (secondary N) is 3. The van der Waals surface area contributed by atoms with Crippen molar-refractivity contribution in [1.82, 2.24) is 24.8 Å². The molecule has 0 radical (unpaired) electrons. The fourth-order valence-corrected chi connectivity index (χ4v) is 6.31. The van der Waals surface area contributed by atoms with Gasteiger partial charge in [-0.2, -0.15) is 0 Å². The van der Waals surface area contributed by atoms with Crippen molar-refractivity contribution in [2.75, 3.05) is 36.8 Å². The van der Waals surface area contributed by atoms with Crippen LogP contribution in [0.4, 0.5) is 16.3 Å². The molecule has 1 fully saturated rings. The highest BCUT2D eigenvalue weighted by Gasteiger charge is 2.20. The topological polar surface area (TPSA) is 117 Å². The predicted molar refractivity (Wildman–Crippen MR) is 171 cm³/mol. The van der Waals surface area contributed by atoms with Crippen molar-refractivity contribution in [1.29, 1.82) is 0 Å². The Morgan fingerprint density at radius 3 is 2.56 bits per heavy atom. The van der Waals surface area contributed by atoms with E-state index in [4.69, 9.17) is 9.51 Å². The van der Waals surface area contributed by atoms with Crippen molar-refractivity contribution in [3.63, 3.8) is 0 Å². The number of hydrogen-bond donors (Lipinski definition) is 3. The molecule has 0 aliphatic carbocycles. The highest BCUT2D eigenvalue weighted by Crippen LogP contribution is 2.31. The standard InChI is InChI=1S/C32H37N7O3S/c1-32(2,3)27-19-28(37-42-27)36-30(41)34-23-10-8-22(9-11-23)24-20-39-25-12-6-21(18-26(25)43-31(39)35-24)7-13-29(40)33-14-17-38-15-4-5-16-38/h6,8-12,18-20H,4-5,7,13-17H2,1-3H3,(H,33,40)(H2,34,36,37,41). The van der Waals surface area contributed by atoms with E-state index >= 15 is 0 Å². The van der Waals surface area contributed by atoms with E-state index in [1.54, 1.807) is 17.4 Å². The summed E-state index contributed by atoms with van der Waals surface area (Å²) in [4.78, 5) is 33.0. The Kier molecular flexibility index (Phi) is 8.18. The first-order chi connectivity index (χ1) is 20.7. The molecule has 0 bridgehead atoms. The van der Waals surface area contributed by atoms with E-state index in [1.165, 1.54) is 12.8 Å². The highest BCUT2D eigenvalue weighted by molar-refractivity contribution is 7.23. The molecule has 10 nitrogen and oxygen atoms in total. The molecule has 0 spiro atoms. The van der Waals surface area contributed by atoms with E-state index in [9.17, 15) is 9.59 Å². The number of hydrogen-bond acceptors (Lipinski definition) is 7. The Balaban J connectivity index is 1.04. The summed E-state index contributed by atoms with van der Waals surface area (Å²) in [6.07, 6.45) is 5.77. The Morgan fingerprint density at radius 2 is 1.81 bits per heavy atom. The largest absolute Gasteiger partial charge is 0.359 e. The normalized spacial score (nSPS) is 14.0. The number of thiazole rings is 1. The maximum Gasteiger partial charge on any atom is 0.324 e. The van der Waals surface area contributed by atoms with Crippen molar-refractivity contribution in [2.24, 2.45) is 0 Å². The third kappa shape index (κ3) is 6.89. The number of likely N-dealkylation sites (tertiary alicyclic amines) is 1. The summed E-state index contributed by atoms with van der Waals surface area (Å²) in [5.74, 6) is 1.17. The zero-order valence-electron chi connectivity index (χ0n) is 24.8. The number of urea groups is 1. The lowest BCUT2D eigenvalue weighted by Gasteiger charge is -2.14. The Morgan fingerprint density at radius 1 is 1.02 bits per heavy atom. The maximum absolute atomic E-state index is 12.4. The molecule has 3 aromatic heterocycles. The molecule has 2 aromatic carbocycles. The lowest BCUT2D eigenvalue weighted by Crippen LogP contribution is -2.33. The molecule has 1 aliphatic rings. The maximum atomic E-state index is 12.4. The van der Waals surface area contributed by atoms with Crippen LogP contribution in [0, 0.1) is 0 Å². The van der Waals surface area contributed by atoms with Gasteiger partial charge in [0.05, 0.1) is 15.9 Å². The molecule has 3 N–H and O–H groups in total. The van der Waals surface area contributed by atoms with Gasteiger partial charge in [0.25, 0.3) is 0 Å². The average Bonchev–Trinajstić information content (AvgIpc) is 3.77. The van der Waals surface area contributed by atoms with Crippen LogP contribution >= 0.6 is 11.3 Å². The molecular formula is C32H37N7O3S. The minimum Gasteiger partial charge on any atom is -0.359 e. The summed E-state index contributed by atoms with van der Waals surface area (Å²) >= 11 is 1.64. The van der Waals surface area contributed by atoms with E-state index in [1.807, 2.05) is 51.2 Å². The van der Waals surface area contributed by atoms with Crippen LogP contribution in [0.5, 0.6) is 0 Å². The second kappa shape index (κ2) is 12.2. The number of aryl methyl sites for hydroxylation is 1. The number of carbonyl (C=O) groups is 2. The number of carbonyl (C=O) groups excluding carboxylic acids is 2. The van der Waals surface area contributed by atoms with Gasteiger partial charge in [-0.1, -0.05) is 55.5 Å². The van der Waals surface area contributed by atoms with Gasteiger partial charge in [0.15, 0.2) is 10.8 Å². The fourth-order valence-electron chi connectivity index (χ4n) is 5.24. The highest BCUT2D eigenvalue weighted by atomic mass is 32.1. The minimum absolute atomic E-state index is 0.108. The average molecular weight is 600 g/mol. The monoisotopic (exact) mass is 599 g/mol. The van der Waals surface area contributed by atoms with E-state index in [-0.39, 0.29) is 11.3 Å². The lowest BCUT2D eigenvalue weighted by atomic mass is 9.93. The zero-order valence-corrected chi connectivity index (χ0v) is 25.6. The summed E-state index contributed by atoms with van der Waals surface area (Å²) < 4.78 is 8.58. The second-order valence-corrected chi connectivity index (χ2v) is 13.1. The molecule has 6 rings (SSSR count). The van der Waals surface area contributed by atoms with Crippen molar-refractivity contribution in [2.45, 2.75) is 51.9 Å². The van der Waals surface area contributed by atoms with Crippen LogP contribution < -0.4 is 16.0 Å². The van der Waals surface area contributed by atoms with Gasteiger partial charge in [-0.15, -0.1) is 0 Å². The Hall–Kier alpha value is -4.22. The summed E-state index contributed by atoms with van der Waals surface area (Å²) in [6, 6.07) is 15.3. The number of rotatable bonds is 9. The fraction of sp³-hybridized carbons (Fsp3) is 0.375. The lowest BCUT2D eigenvalue weighted by molar-refractivity contribution is -0.121. The summed E-state index contributed by atoms with van der Waals surface area (Å²) in [6.45, 7) is 10.0. The van der Waals surface area contributed by atoms with Gasteiger partial charge < -0.3 is 20.1 Å². The van der Waals surface area contributed by atoms with Crippen LogP contribution in [0.1, 0.15) is 51.4 Å². The number of nitrogens with zero attached hydrogens (tertiary/aromatic N) is 4. The molecule has 0 saturated carbocycles. The predicted octanol–water partition coefficient (Wildman–Crippen LogP) is 6.29. The molecule has 5 aromatic rings. The van der Waals surface area contributed by atoms with Crippen LogP contribution in [0.2, 0.25) is 0 Å². The van der Waals surface area contributed by atoms with Crippen molar-refractivity contribution in [3.8, 4) is 11.3 Å². The van der Waals surface area contributed by atoms with Gasteiger partial charge in [-0.25, -0.2) is 9.78 Å². The SMILES string of the molecule is CC(C)(C)c1cc(NC(=O)Nc2ccc(-c3cn4c(n3)sc3cc(CCC(=O)NCCN5CCCC5)ccc34)cc2)no1. The number of benzene rings is 2. The van der Waals surface area contributed by atoms with E-state index in [0.29, 0.717) is 30.1 Å². The molecule has 43 heavy (non-hydrogen) atoms. The zero-order chi connectivity index (χ0) is 30.0. The first-order valence-electron chi connectivity index (χ1n) is 14.8. The number of amides is 3. The molecule has 4 heterocycles. The van der Waals surface area contributed by atoms with Crippen LogP contribution in [-0.2, 0) is 16.6 Å². The smallest absolute Gasteiger partial charge is 0.324 e. The third-order valence-electron chi connectivity index (χ3n) is 7.68. The molecule has 3 amide bonds. The molecule has 1 aliphatic heterocycles. The Bertz CT molecular complexity index is 1740. The number of imidazole rings is 1. The molecule has 11 heteroatoms. The van der Waals surface area contributed by atoms with Gasteiger partial charge in [0.2, 0.25) is 5.91 Å². The van der Waals surface area contributed by atoms with E-state index in [2.05, 4.69) is 48.6 Å². The van der Waals surface area contributed by atoms with Crippen LogP contribution in [0.25, 0.3) is 26.4 Å². The molecule has 0 atom stereocenters. The third-order valence-corrected chi connectivity index (χ3v) is 8.70. The first-order valence-corrected chi connectivity index (χ1v) is 15.6. The van der Waals surface area contributed by atoms with E-state index in [0.717, 1.165) is 58.2 Å². The minimum atomic E-state index is -0.395. The van der Waals surface area contributed by atoms with Gasteiger partial charge in [0.1, 0.15) is 5.76 Å². The summed E-state index contributed by atoms with van der Waals surface area (Å²) in [7, 11) is 0. The van der Waals surface area contributed by atoms with Gasteiger partial charge in [-0.3, -0.25) is 14.5 Å². The summed E-state index contributed by atoms with van der Waals surface area (Å²) in [5.41, 5.74) is 4.51. The van der Waals surface area contributed by atoms with Crippen LogP contribution in [0.3, 0.4) is 0 Å². The number of anilines is 2. The van der Waals surface area contributed by atoms with E-state index < -0.39 is 6.03 Å². The molecule has 0 unspecified atom stereocenters. The van der Waals surface area contributed by atoms with Crippen LogP contribution in [-0.4, -0.2) is 57.6 Å². The summed E-state index contributed by atoms with van der Waals surface area (Å²) in [5, 5.41) is 12.5. The number of aromatic nitrogens is 3. The van der Waals surface area contributed by atoms with Crippen molar-refractivity contribution < 1.29 is 14.1 Å². The van der Waals surface area contributed by atoms with Crippen LogP contribution in [0.15, 0.2) is 59.3 Å². The van der Waals surface area contributed by atoms with Crippen molar-refractivity contribution in [3.05, 3.63) is 66.1 Å². The van der Waals surface area contributed by atoms with Gasteiger partial charge in [-0.05, 0) is 62.2 Å². The van der Waals surface area contributed by atoms with Crippen molar-refractivity contribution >= 4 is 50.0 Å². The van der Waals surface area contributed by atoms with Gasteiger partial charge >= 0.3 is 6.03 Å². The second-order valence-electron chi connectivity index (χ2n) is 12.1.